The highest BCUT2D eigenvalue weighted by Crippen LogP contribution is 2.23. The summed E-state index contributed by atoms with van der Waals surface area (Å²) in [6.45, 7) is 13.6. The van der Waals surface area contributed by atoms with Gasteiger partial charge in [0.15, 0.2) is 6.10 Å². The Morgan fingerprint density at radius 3 is 2.22 bits per heavy atom. The van der Waals surface area contributed by atoms with Crippen molar-refractivity contribution in [1.29, 1.82) is 0 Å². The molecule has 3 atom stereocenters. The largest absolute Gasteiger partial charge is 0.455 e. The van der Waals surface area contributed by atoms with Crippen LogP contribution in [0.4, 0.5) is 0 Å². The maximum atomic E-state index is 12.4. The molecule has 1 aromatic carbocycles. The first kappa shape index (κ1) is 21.1. The minimum Gasteiger partial charge on any atom is -0.455 e. The van der Waals surface area contributed by atoms with E-state index in [9.17, 15) is 4.79 Å². The zero-order valence-electron chi connectivity index (χ0n) is 15.2. The van der Waals surface area contributed by atoms with Crippen molar-refractivity contribution in [1.82, 2.24) is 0 Å². The molecule has 0 amide bonds. The van der Waals surface area contributed by atoms with Crippen LogP contribution in [0.1, 0.15) is 46.3 Å². The second kappa shape index (κ2) is 11.7. The van der Waals surface area contributed by atoms with Crippen molar-refractivity contribution in [3.8, 4) is 0 Å². The lowest BCUT2D eigenvalue weighted by atomic mass is 9.98. The fourth-order valence-corrected chi connectivity index (χ4v) is 2.09. The third kappa shape index (κ3) is 6.41. The smallest absolute Gasteiger partial charge is 0.340 e. The van der Waals surface area contributed by atoms with Crippen LogP contribution in [-0.4, -0.2) is 19.2 Å². The Morgan fingerprint density at radius 2 is 1.78 bits per heavy atom. The van der Waals surface area contributed by atoms with Crippen molar-refractivity contribution < 1.29 is 14.3 Å². The number of hydrogen-bond donors (Lipinski definition) is 0. The number of esters is 1. The molecule has 0 spiro atoms. The van der Waals surface area contributed by atoms with E-state index in [0.29, 0.717) is 0 Å². The highest BCUT2D eigenvalue weighted by Gasteiger charge is 2.27. The normalized spacial score (nSPS) is 14.8. The predicted molar refractivity (Wildman–Crippen MR) is 96.2 cm³/mol. The Balaban J connectivity index is 0.00000232. The van der Waals surface area contributed by atoms with Crippen molar-refractivity contribution in [2.24, 2.45) is 5.92 Å². The van der Waals surface area contributed by atoms with E-state index in [-0.39, 0.29) is 18.0 Å². The lowest BCUT2D eigenvalue weighted by molar-refractivity contribution is -0.161. The second-order valence-corrected chi connectivity index (χ2v) is 5.01. The number of carbonyl (C=O) groups is 1. The zero-order chi connectivity index (χ0) is 17.8. The van der Waals surface area contributed by atoms with Gasteiger partial charge in [0.1, 0.15) is 6.10 Å². The molecule has 0 bridgehead atoms. The Bertz CT molecular complexity index is 491. The van der Waals surface area contributed by atoms with Gasteiger partial charge in [-0.3, -0.25) is 0 Å². The van der Waals surface area contributed by atoms with E-state index in [1.165, 1.54) is 7.11 Å². The molecular formula is C20H30O3. The lowest BCUT2D eigenvalue weighted by Gasteiger charge is -2.25. The van der Waals surface area contributed by atoms with Gasteiger partial charge >= 0.3 is 5.97 Å². The summed E-state index contributed by atoms with van der Waals surface area (Å²) >= 11 is 0. The molecule has 3 heteroatoms. The van der Waals surface area contributed by atoms with E-state index in [0.717, 1.165) is 11.1 Å². The quantitative estimate of drug-likeness (QED) is 0.518. The molecule has 0 saturated carbocycles. The summed E-state index contributed by atoms with van der Waals surface area (Å²) in [5, 5.41) is 0. The summed E-state index contributed by atoms with van der Waals surface area (Å²) in [4.78, 5) is 12.4. The van der Waals surface area contributed by atoms with E-state index < -0.39 is 6.10 Å². The van der Waals surface area contributed by atoms with Crippen LogP contribution in [0.3, 0.4) is 0 Å². The standard InChI is InChI=1S/C18H24O3.C2H6/c1-6-13(3)16(14(4)7-2)21-18(19)17(20-5)15-11-9-8-10-12-15;1-2/h6-13,16-17H,1H2,2-5H3;1-2H3/b14-7+;/t13-,16-,17+;/m0./s1. The topological polar surface area (TPSA) is 35.5 Å². The highest BCUT2D eigenvalue weighted by atomic mass is 16.6. The monoisotopic (exact) mass is 318 g/mol. The van der Waals surface area contributed by atoms with Gasteiger partial charge < -0.3 is 9.47 Å². The summed E-state index contributed by atoms with van der Waals surface area (Å²) < 4.78 is 11.0. The average molecular weight is 318 g/mol. The molecule has 0 aliphatic rings. The molecule has 0 aliphatic heterocycles. The molecule has 23 heavy (non-hydrogen) atoms. The van der Waals surface area contributed by atoms with Gasteiger partial charge in [0.2, 0.25) is 0 Å². The molecule has 0 aromatic heterocycles. The maximum absolute atomic E-state index is 12.4. The first-order chi connectivity index (χ1) is 11.0. The van der Waals surface area contributed by atoms with Crippen molar-refractivity contribution in [2.45, 2.75) is 46.8 Å². The van der Waals surface area contributed by atoms with Crippen LogP contribution in [0.15, 0.2) is 54.6 Å². The molecular weight excluding hydrogens is 288 g/mol. The SMILES string of the molecule is C=C[C@H](C)[C@H](OC(=O)[C@H](OC)c1ccccc1)/C(C)=C/C.CC. The molecule has 1 rings (SSSR count). The Labute approximate surface area is 141 Å². The fraction of sp³-hybridized carbons (Fsp3) is 0.450. The predicted octanol–water partition coefficient (Wildman–Crippen LogP) is 5.10. The molecule has 0 saturated heterocycles. The van der Waals surface area contributed by atoms with Crippen molar-refractivity contribution in [3.63, 3.8) is 0 Å². The van der Waals surface area contributed by atoms with Gasteiger partial charge in [0.05, 0.1) is 0 Å². The van der Waals surface area contributed by atoms with Crippen LogP contribution in [0.25, 0.3) is 0 Å². The van der Waals surface area contributed by atoms with Crippen LogP contribution >= 0.6 is 0 Å². The number of carbonyl (C=O) groups excluding carboxylic acids is 1. The number of benzene rings is 1. The molecule has 0 heterocycles. The molecule has 0 fully saturated rings. The Kier molecular flexibility index (Phi) is 10.7. The second-order valence-electron chi connectivity index (χ2n) is 5.01. The van der Waals surface area contributed by atoms with Gasteiger partial charge in [0.25, 0.3) is 0 Å². The summed E-state index contributed by atoms with van der Waals surface area (Å²) in [5.74, 6) is -0.345. The van der Waals surface area contributed by atoms with Crippen LogP contribution in [-0.2, 0) is 14.3 Å². The summed E-state index contributed by atoms with van der Waals surface area (Å²) in [6.07, 6.45) is 2.70. The fourth-order valence-electron chi connectivity index (χ4n) is 2.09. The van der Waals surface area contributed by atoms with Gasteiger partial charge in [-0.1, -0.05) is 63.3 Å². The average Bonchev–Trinajstić information content (AvgIpc) is 2.61. The molecule has 3 nitrogen and oxygen atoms in total. The van der Waals surface area contributed by atoms with Gasteiger partial charge in [0, 0.05) is 13.0 Å². The zero-order valence-corrected chi connectivity index (χ0v) is 15.2. The van der Waals surface area contributed by atoms with Gasteiger partial charge in [-0.15, -0.1) is 6.58 Å². The summed E-state index contributed by atoms with van der Waals surface area (Å²) in [6, 6.07) is 9.34. The lowest BCUT2D eigenvalue weighted by Crippen LogP contribution is -2.29. The first-order valence-electron chi connectivity index (χ1n) is 8.08. The van der Waals surface area contributed by atoms with E-state index in [1.807, 2.05) is 71.0 Å². The van der Waals surface area contributed by atoms with Gasteiger partial charge in [-0.25, -0.2) is 4.79 Å². The Morgan fingerprint density at radius 1 is 1.22 bits per heavy atom. The van der Waals surface area contributed by atoms with E-state index in [1.54, 1.807) is 6.08 Å². The number of allylic oxidation sites excluding steroid dienone is 1. The number of ether oxygens (including phenoxy) is 2. The van der Waals surface area contributed by atoms with Gasteiger partial charge in [-0.05, 0) is 25.0 Å². The molecule has 0 radical (unpaired) electrons. The van der Waals surface area contributed by atoms with Crippen LogP contribution < -0.4 is 0 Å². The maximum Gasteiger partial charge on any atom is 0.340 e. The summed E-state index contributed by atoms with van der Waals surface area (Å²) in [7, 11) is 1.51. The van der Waals surface area contributed by atoms with E-state index in [4.69, 9.17) is 9.47 Å². The number of hydrogen-bond acceptors (Lipinski definition) is 3. The summed E-state index contributed by atoms with van der Waals surface area (Å²) in [5.41, 5.74) is 1.78. The molecule has 1 aromatic rings. The minimum atomic E-state index is -0.713. The number of methoxy groups -OCH3 is 1. The number of rotatable bonds is 7. The molecule has 0 unspecified atom stereocenters. The van der Waals surface area contributed by atoms with Crippen LogP contribution in [0.5, 0.6) is 0 Å². The van der Waals surface area contributed by atoms with E-state index >= 15 is 0 Å². The van der Waals surface area contributed by atoms with Crippen LogP contribution in [0.2, 0.25) is 0 Å². The Hall–Kier alpha value is -1.87. The van der Waals surface area contributed by atoms with Crippen molar-refractivity contribution in [2.75, 3.05) is 7.11 Å². The first-order valence-corrected chi connectivity index (χ1v) is 8.08. The minimum absolute atomic E-state index is 0.0402. The third-order valence-corrected chi connectivity index (χ3v) is 3.55. The molecule has 128 valence electrons. The molecule has 0 aliphatic carbocycles. The molecule has 0 N–H and O–H groups in total. The van der Waals surface area contributed by atoms with Crippen molar-refractivity contribution in [3.05, 3.63) is 60.2 Å². The van der Waals surface area contributed by atoms with Crippen LogP contribution in [0, 0.1) is 5.92 Å². The van der Waals surface area contributed by atoms with Gasteiger partial charge in [-0.2, -0.15) is 0 Å². The van der Waals surface area contributed by atoms with Crippen molar-refractivity contribution >= 4 is 5.97 Å². The highest BCUT2D eigenvalue weighted by molar-refractivity contribution is 5.77. The van der Waals surface area contributed by atoms with E-state index in [2.05, 4.69) is 6.58 Å². The third-order valence-electron chi connectivity index (χ3n) is 3.55.